The van der Waals surface area contributed by atoms with Gasteiger partial charge in [-0.15, -0.1) is 10.2 Å². The fourth-order valence-corrected chi connectivity index (χ4v) is 0.928. The van der Waals surface area contributed by atoms with Crippen LogP contribution in [-0.2, 0) is 0 Å². The topological polar surface area (TPSA) is 38.9 Å². The van der Waals surface area contributed by atoms with Crippen molar-refractivity contribution in [1.82, 2.24) is 10.2 Å². The Morgan fingerprint density at radius 1 is 1.15 bits per heavy atom. The third-order valence-corrected chi connectivity index (χ3v) is 1.53. The fraction of sp³-hybridized carbons (Fsp3) is 0. The van der Waals surface area contributed by atoms with Gasteiger partial charge in [0.2, 0.25) is 12.3 Å². The second kappa shape index (κ2) is 2.93. The third-order valence-electron chi connectivity index (χ3n) is 1.53. The predicted molar refractivity (Wildman–Crippen MR) is 39.6 cm³/mol. The summed E-state index contributed by atoms with van der Waals surface area (Å²) in [6.45, 7) is 0. The Morgan fingerprint density at radius 3 is 2.62 bits per heavy atom. The van der Waals surface area contributed by atoms with Crippen LogP contribution in [0.25, 0.3) is 11.5 Å². The lowest BCUT2D eigenvalue weighted by molar-refractivity contribution is 0.507. The van der Waals surface area contributed by atoms with E-state index in [1.165, 1.54) is 6.07 Å². The number of nitrogens with zero attached hydrogens (tertiary/aromatic N) is 2. The van der Waals surface area contributed by atoms with Crippen molar-refractivity contribution in [3.8, 4) is 11.5 Å². The van der Waals surface area contributed by atoms with Gasteiger partial charge in [-0.1, -0.05) is 0 Å². The van der Waals surface area contributed by atoms with E-state index in [-0.39, 0.29) is 5.89 Å². The number of hydrogen-bond acceptors (Lipinski definition) is 3. The minimum Gasteiger partial charge on any atom is -0.423 e. The largest absolute Gasteiger partial charge is 0.423 e. The molecule has 0 aliphatic rings. The van der Waals surface area contributed by atoms with Crippen molar-refractivity contribution in [1.29, 1.82) is 0 Å². The van der Waals surface area contributed by atoms with E-state index >= 15 is 0 Å². The van der Waals surface area contributed by atoms with Crippen molar-refractivity contribution < 1.29 is 13.2 Å². The van der Waals surface area contributed by atoms with Crippen LogP contribution in [0.2, 0.25) is 0 Å². The molecule has 5 heteroatoms. The highest BCUT2D eigenvalue weighted by atomic mass is 19.2. The highest BCUT2D eigenvalue weighted by Gasteiger charge is 2.07. The van der Waals surface area contributed by atoms with E-state index in [2.05, 4.69) is 10.2 Å². The Balaban J connectivity index is 2.49. The Hall–Kier alpha value is -1.78. The number of rotatable bonds is 1. The monoisotopic (exact) mass is 182 g/mol. The Morgan fingerprint density at radius 2 is 2.00 bits per heavy atom. The molecule has 0 spiro atoms. The van der Waals surface area contributed by atoms with Gasteiger partial charge in [-0.2, -0.15) is 0 Å². The quantitative estimate of drug-likeness (QED) is 0.677. The molecule has 1 aromatic carbocycles. The van der Waals surface area contributed by atoms with Crippen LogP contribution in [0.4, 0.5) is 8.78 Å². The molecule has 2 aromatic rings. The molecule has 0 radical (unpaired) electrons. The van der Waals surface area contributed by atoms with Crippen LogP contribution in [0.1, 0.15) is 0 Å². The summed E-state index contributed by atoms with van der Waals surface area (Å²) < 4.78 is 30.0. The lowest BCUT2D eigenvalue weighted by Crippen LogP contribution is -1.85. The van der Waals surface area contributed by atoms with Crippen LogP contribution < -0.4 is 0 Å². The first-order valence-corrected chi connectivity index (χ1v) is 3.49. The molecule has 13 heavy (non-hydrogen) atoms. The van der Waals surface area contributed by atoms with Crippen molar-refractivity contribution >= 4 is 0 Å². The summed E-state index contributed by atoms with van der Waals surface area (Å²) in [6.07, 6.45) is 1.12. The van der Waals surface area contributed by atoms with Gasteiger partial charge >= 0.3 is 0 Å². The summed E-state index contributed by atoms with van der Waals surface area (Å²) in [5, 5.41) is 6.97. The number of hydrogen-bond donors (Lipinski definition) is 0. The zero-order chi connectivity index (χ0) is 9.26. The first-order chi connectivity index (χ1) is 6.27. The minimum atomic E-state index is -0.935. The molecule has 0 aliphatic heterocycles. The van der Waals surface area contributed by atoms with Crippen LogP contribution in [0, 0.1) is 11.6 Å². The second-order valence-electron chi connectivity index (χ2n) is 2.37. The molecule has 0 saturated heterocycles. The highest BCUT2D eigenvalue weighted by Crippen LogP contribution is 2.18. The third kappa shape index (κ3) is 1.40. The van der Waals surface area contributed by atoms with Crippen molar-refractivity contribution in [2.24, 2.45) is 0 Å². The Labute approximate surface area is 72.0 Å². The van der Waals surface area contributed by atoms with E-state index < -0.39 is 11.6 Å². The number of halogens is 2. The maximum atomic E-state index is 12.7. The van der Waals surface area contributed by atoms with Crippen molar-refractivity contribution in [3.63, 3.8) is 0 Å². The van der Waals surface area contributed by atoms with Crippen LogP contribution in [-0.4, -0.2) is 10.2 Å². The standard InChI is InChI=1S/C8H4F2N2O/c9-6-2-1-5(3-7(6)10)8-12-11-4-13-8/h1-4H. The van der Waals surface area contributed by atoms with Gasteiger partial charge < -0.3 is 4.42 Å². The molecule has 0 atom stereocenters. The molecular formula is C8H4F2N2O. The first kappa shape index (κ1) is 7.85. The fourth-order valence-electron chi connectivity index (χ4n) is 0.928. The van der Waals surface area contributed by atoms with Crippen molar-refractivity contribution in [2.45, 2.75) is 0 Å². The van der Waals surface area contributed by atoms with E-state index in [0.29, 0.717) is 5.56 Å². The Bertz CT molecular complexity index is 414. The molecule has 1 aromatic heterocycles. The first-order valence-electron chi connectivity index (χ1n) is 3.49. The van der Waals surface area contributed by atoms with Crippen LogP contribution in [0.5, 0.6) is 0 Å². The lowest BCUT2D eigenvalue weighted by Gasteiger charge is -1.95. The van der Waals surface area contributed by atoms with Crippen LogP contribution in [0.15, 0.2) is 29.0 Å². The smallest absolute Gasteiger partial charge is 0.247 e. The van der Waals surface area contributed by atoms with Gasteiger partial charge in [-0.05, 0) is 18.2 Å². The van der Waals surface area contributed by atoms with Gasteiger partial charge in [0, 0.05) is 5.56 Å². The van der Waals surface area contributed by atoms with E-state index in [1.807, 2.05) is 0 Å². The normalized spacial score (nSPS) is 10.3. The number of benzene rings is 1. The van der Waals surface area contributed by atoms with Gasteiger partial charge in [0.25, 0.3) is 0 Å². The maximum Gasteiger partial charge on any atom is 0.247 e. The van der Waals surface area contributed by atoms with Crippen LogP contribution in [0.3, 0.4) is 0 Å². The molecule has 0 unspecified atom stereocenters. The van der Waals surface area contributed by atoms with Gasteiger partial charge in [-0.3, -0.25) is 0 Å². The summed E-state index contributed by atoms with van der Waals surface area (Å²) in [5.41, 5.74) is 0.358. The summed E-state index contributed by atoms with van der Waals surface area (Å²) in [5.74, 6) is -1.67. The van der Waals surface area contributed by atoms with E-state index in [0.717, 1.165) is 18.5 Å². The van der Waals surface area contributed by atoms with Crippen molar-refractivity contribution in [2.75, 3.05) is 0 Å². The van der Waals surface area contributed by atoms with E-state index in [9.17, 15) is 8.78 Å². The van der Waals surface area contributed by atoms with Crippen molar-refractivity contribution in [3.05, 3.63) is 36.2 Å². The number of aromatic nitrogens is 2. The SMILES string of the molecule is Fc1ccc(-c2nnco2)cc1F. The average Bonchev–Trinajstić information content (AvgIpc) is 2.62. The molecule has 0 amide bonds. The summed E-state index contributed by atoms with van der Waals surface area (Å²) >= 11 is 0. The van der Waals surface area contributed by atoms with Gasteiger partial charge in [-0.25, -0.2) is 8.78 Å². The summed E-state index contributed by atoms with van der Waals surface area (Å²) in [6, 6.07) is 3.38. The van der Waals surface area contributed by atoms with Gasteiger partial charge in [0.05, 0.1) is 0 Å². The zero-order valence-corrected chi connectivity index (χ0v) is 6.37. The second-order valence-corrected chi connectivity index (χ2v) is 2.37. The molecule has 66 valence electrons. The molecule has 3 nitrogen and oxygen atoms in total. The minimum absolute atomic E-state index is 0.166. The molecule has 2 rings (SSSR count). The van der Waals surface area contributed by atoms with Gasteiger partial charge in [0.1, 0.15) is 0 Å². The molecule has 0 aliphatic carbocycles. The van der Waals surface area contributed by atoms with Gasteiger partial charge in [0.15, 0.2) is 11.6 Å². The highest BCUT2D eigenvalue weighted by molar-refractivity contribution is 5.52. The molecule has 0 N–H and O–H groups in total. The van der Waals surface area contributed by atoms with E-state index in [4.69, 9.17) is 4.42 Å². The summed E-state index contributed by atoms with van der Waals surface area (Å²) in [7, 11) is 0. The summed E-state index contributed by atoms with van der Waals surface area (Å²) in [4.78, 5) is 0. The average molecular weight is 182 g/mol. The molecule has 1 heterocycles. The maximum absolute atomic E-state index is 12.7. The van der Waals surface area contributed by atoms with E-state index in [1.54, 1.807) is 0 Å². The lowest BCUT2D eigenvalue weighted by atomic mass is 10.2. The molecule has 0 saturated carbocycles. The molecule has 0 fully saturated rings. The Kier molecular flexibility index (Phi) is 1.77. The molecular weight excluding hydrogens is 178 g/mol. The predicted octanol–water partition coefficient (Wildman–Crippen LogP) is 2.01. The zero-order valence-electron chi connectivity index (χ0n) is 6.37. The van der Waals surface area contributed by atoms with Crippen LogP contribution >= 0.6 is 0 Å². The molecule has 0 bridgehead atoms.